The van der Waals surface area contributed by atoms with Crippen LogP contribution in [-0.2, 0) is 11.2 Å². The zero-order valence-corrected chi connectivity index (χ0v) is 11.4. The molecule has 4 nitrogen and oxygen atoms in total. The van der Waals surface area contributed by atoms with Crippen molar-refractivity contribution in [3.63, 3.8) is 0 Å². The summed E-state index contributed by atoms with van der Waals surface area (Å²) in [5.74, 6) is -0.401. The molecule has 106 valence electrons. The Labute approximate surface area is 121 Å². The number of para-hydroxylation sites is 1. The monoisotopic (exact) mass is 284 g/mol. The Morgan fingerprint density at radius 2 is 2.05 bits per heavy atom. The summed E-state index contributed by atoms with van der Waals surface area (Å²) in [6.45, 7) is 0. The third kappa shape index (κ3) is 3.37. The minimum Gasteiger partial charge on any atom is -0.496 e. The molecule has 5 heteroatoms. The van der Waals surface area contributed by atoms with E-state index in [-0.39, 0.29) is 23.6 Å². The first-order valence-corrected chi connectivity index (χ1v) is 6.26. The Morgan fingerprint density at radius 1 is 1.29 bits per heavy atom. The van der Waals surface area contributed by atoms with Crippen molar-refractivity contribution in [2.45, 2.75) is 6.42 Å². The van der Waals surface area contributed by atoms with Crippen molar-refractivity contribution >= 4 is 11.6 Å². The van der Waals surface area contributed by atoms with E-state index in [1.807, 2.05) is 0 Å². The number of rotatable bonds is 4. The molecule has 21 heavy (non-hydrogen) atoms. The summed E-state index contributed by atoms with van der Waals surface area (Å²) in [4.78, 5) is 12.0. The molecule has 2 aromatic rings. The molecule has 0 aliphatic carbocycles. The summed E-state index contributed by atoms with van der Waals surface area (Å²) in [6.07, 6.45) is 0.0748. The second-order valence-corrected chi connectivity index (χ2v) is 4.31. The molecule has 0 unspecified atom stereocenters. The zero-order chi connectivity index (χ0) is 15.2. The first-order chi connectivity index (χ1) is 10.2. The number of anilines is 1. The lowest BCUT2D eigenvalue weighted by Crippen LogP contribution is -2.16. The van der Waals surface area contributed by atoms with E-state index in [2.05, 4.69) is 5.32 Å². The summed E-state index contributed by atoms with van der Waals surface area (Å²) in [5, 5.41) is 11.5. The Balaban J connectivity index is 2.16. The van der Waals surface area contributed by atoms with Gasteiger partial charge in [-0.2, -0.15) is 5.26 Å². The lowest BCUT2D eigenvalue weighted by atomic mass is 10.1. The number of hydrogen-bond donors (Lipinski definition) is 1. The fraction of sp³-hybridized carbons (Fsp3) is 0.125. The zero-order valence-electron chi connectivity index (χ0n) is 11.4. The molecule has 0 spiro atoms. The molecule has 0 aliphatic heterocycles. The molecule has 0 saturated carbocycles. The standard InChI is InChI=1S/C16H13FN2O2/c1-21-15-8-3-2-5-11(15)9-16(20)19-14-7-4-6-13(17)12(14)10-18/h2-8H,9H2,1H3,(H,19,20). The van der Waals surface area contributed by atoms with Gasteiger partial charge in [0.2, 0.25) is 5.91 Å². The van der Waals surface area contributed by atoms with Crippen LogP contribution in [0.4, 0.5) is 10.1 Å². The number of hydrogen-bond acceptors (Lipinski definition) is 3. The van der Waals surface area contributed by atoms with E-state index >= 15 is 0 Å². The minimum atomic E-state index is -0.660. The predicted octanol–water partition coefficient (Wildman–Crippen LogP) is 2.89. The van der Waals surface area contributed by atoms with Gasteiger partial charge in [-0.05, 0) is 18.2 Å². The Hall–Kier alpha value is -2.87. The van der Waals surface area contributed by atoms with E-state index in [4.69, 9.17) is 10.00 Å². The number of ether oxygens (including phenoxy) is 1. The van der Waals surface area contributed by atoms with Crippen LogP contribution >= 0.6 is 0 Å². The molecule has 0 aromatic heterocycles. The van der Waals surface area contributed by atoms with Crippen LogP contribution in [0.25, 0.3) is 0 Å². The van der Waals surface area contributed by atoms with E-state index in [0.29, 0.717) is 11.3 Å². The average Bonchev–Trinajstić information content (AvgIpc) is 2.48. The van der Waals surface area contributed by atoms with Crippen LogP contribution < -0.4 is 10.1 Å². The van der Waals surface area contributed by atoms with E-state index in [0.717, 1.165) is 0 Å². The highest BCUT2D eigenvalue weighted by molar-refractivity contribution is 5.93. The Bertz CT molecular complexity index is 708. The molecule has 1 amide bonds. The van der Waals surface area contributed by atoms with E-state index in [9.17, 15) is 9.18 Å². The predicted molar refractivity (Wildman–Crippen MR) is 76.4 cm³/mol. The van der Waals surface area contributed by atoms with Gasteiger partial charge < -0.3 is 10.1 Å². The van der Waals surface area contributed by atoms with Crippen molar-refractivity contribution in [2.75, 3.05) is 12.4 Å². The topological polar surface area (TPSA) is 62.1 Å². The van der Waals surface area contributed by atoms with Crippen LogP contribution in [0.2, 0.25) is 0 Å². The first kappa shape index (κ1) is 14.5. The van der Waals surface area contributed by atoms with Gasteiger partial charge in [0.25, 0.3) is 0 Å². The number of nitrogens with one attached hydrogen (secondary N) is 1. The van der Waals surface area contributed by atoms with E-state index in [1.165, 1.54) is 25.3 Å². The highest BCUT2D eigenvalue weighted by atomic mass is 19.1. The van der Waals surface area contributed by atoms with Crippen molar-refractivity contribution in [1.29, 1.82) is 5.26 Å². The lowest BCUT2D eigenvalue weighted by Gasteiger charge is -2.10. The molecule has 0 heterocycles. The Morgan fingerprint density at radius 3 is 2.76 bits per heavy atom. The second-order valence-electron chi connectivity index (χ2n) is 4.31. The van der Waals surface area contributed by atoms with Gasteiger partial charge in [0, 0.05) is 5.56 Å². The molecule has 0 atom stereocenters. The number of methoxy groups -OCH3 is 1. The fourth-order valence-corrected chi connectivity index (χ4v) is 1.96. The summed E-state index contributed by atoms with van der Waals surface area (Å²) in [7, 11) is 1.52. The number of amides is 1. The van der Waals surface area contributed by atoms with Crippen LogP contribution in [-0.4, -0.2) is 13.0 Å². The molecule has 2 aromatic carbocycles. The molecule has 0 bridgehead atoms. The molecular formula is C16H13FN2O2. The van der Waals surface area contributed by atoms with Gasteiger partial charge in [-0.25, -0.2) is 4.39 Å². The summed E-state index contributed by atoms with van der Waals surface area (Å²) in [6, 6.07) is 13.0. The smallest absolute Gasteiger partial charge is 0.228 e. The molecule has 0 fully saturated rings. The molecule has 1 N–H and O–H groups in total. The third-order valence-electron chi connectivity index (χ3n) is 2.94. The maximum Gasteiger partial charge on any atom is 0.228 e. The van der Waals surface area contributed by atoms with Gasteiger partial charge in [0.05, 0.1) is 19.2 Å². The maximum absolute atomic E-state index is 13.5. The number of carbonyl (C=O) groups is 1. The average molecular weight is 284 g/mol. The van der Waals surface area contributed by atoms with Crippen molar-refractivity contribution in [2.24, 2.45) is 0 Å². The summed E-state index contributed by atoms with van der Waals surface area (Å²) < 4.78 is 18.6. The van der Waals surface area contributed by atoms with E-state index in [1.54, 1.807) is 30.3 Å². The van der Waals surface area contributed by atoms with Crippen LogP contribution in [0.3, 0.4) is 0 Å². The number of nitrogens with zero attached hydrogens (tertiary/aromatic N) is 1. The largest absolute Gasteiger partial charge is 0.496 e. The molecule has 0 aliphatic rings. The number of carbonyl (C=O) groups excluding carboxylic acids is 1. The number of halogens is 1. The van der Waals surface area contributed by atoms with Crippen LogP contribution in [0, 0.1) is 17.1 Å². The van der Waals surface area contributed by atoms with Gasteiger partial charge in [-0.3, -0.25) is 4.79 Å². The van der Waals surface area contributed by atoms with Crippen LogP contribution in [0.15, 0.2) is 42.5 Å². The van der Waals surface area contributed by atoms with Gasteiger partial charge in [0.15, 0.2) is 0 Å². The molecule has 0 radical (unpaired) electrons. The highest BCUT2D eigenvalue weighted by Crippen LogP contribution is 2.20. The third-order valence-corrected chi connectivity index (χ3v) is 2.94. The summed E-state index contributed by atoms with van der Waals surface area (Å²) in [5.41, 5.74) is 0.704. The normalized spacial score (nSPS) is 9.76. The van der Waals surface area contributed by atoms with E-state index < -0.39 is 5.82 Å². The SMILES string of the molecule is COc1ccccc1CC(=O)Nc1cccc(F)c1C#N. The minimum absolute atomic E-state index is 0.0748. The Kier molecular flexibility index (Phi) is 4.52. The summed E-state index contributed by atoms with van der Waals surface area (Å²) >= 11 is 0. The molecule has 0 saturated heterocycles. The lowest BCUT2D eigenvalue weighted by molar-refractivity contribution is -0.115. The highest BCUT2D eigenvalue weighted by Gasteiger charge is 2.12. The quantitative estimate of drug-likeness (QED) is 0.939. The molecular weight excluding hydrogens is 271 g/mol. The van der Waals surface area contributed by atoms with Crippen LogP contribution in [0.1, 0.15) is 11.1 Å². The number of nitriles is 1. The molecule has 2 rings (SSSR count). The van der Waals surface area contributed by atoms with Gasteiger partial charge in [-0.15, -0.1) is 0 Å². The van der Waals surface area contributed by atoms with Crippen molar-refractivity contribution in [3.05, 3.63) is 59.4 Å². The van der Waals surface area contributed by atoms with Crippen LogP contribution in [0.5, 0.6) is 5.75 Å². The maximum atomic E-state index is 13.5. The fourth-order valence-electron chi connectivity index (χ4n) is 1.96. The van der Waals surface area contributed by atoms with Crippen molar-refractivity contribution < 1.29 is 13.9 Å². The first-order valence-electron chi connectivity index (χ1n) is 6.26. The van der Waals surface area contributed by atoms with Gasteiger partial charge >= 0.3 is 0 Å². The second kappa shape index (κ2) is 6.53. The van der Waals surface area contributed by atoms with Crippen molar-refractivity contribution in [1.82, 2.24) is 0 Å². The van der Waals surface area contributed by atoms with Gasteiger partial charge in [-0.1, -0.05) is 24.3 Å². The number of benzene rings is 2. The van der Waals surface area contributed by atoms with Gasteiger partial charge in [0.1, 0.15) is 23.2 Å². The van der Waals surface area contributed by atoms with Crippen molar-refractivity contribution in [3.8, 4) is 11.8 Å².